The van der Waals surface area contributed by atoms with E-state index in [0.29, 0.717) is 12.3 Å². The highest BCUT2D eigenvalue weighted by Gasteiger charge is 2.12. The predicted molar refractivity (Wildman–Crippen MR) is 112 cm³/mol. The molecule has 6 nitrogen and oxygen atoms in total. The smallest absolute Gasteiger partial charge is 0.246 e. The Labute approximate surface area is 173 Å². The lowest BCUT2D eigenvalue weighted by Gasteiger charge is -2.14. The number of hydrogen-bond donors (Lipinski definition) is 1. The van der Waals surface area contributed by atoms with Gasteiger partial charge in [0.15, 0.2) is 11.5 Å². The van der Waals surface area contributed by atoms with Gasteiger partial charge < -0.3 is 14.4 Å². The predicted octanol–water partition coefficient (Wildman–Crippen LogP) is 4.05. The fourth-order valence-corrected chi connectivity index (χ4v) is 3.19. The zero-order valence-electron chi connectivity index (χ0n) is 16.6. The molecular weight excluding hydrogens is 385 g/mol. The Kier molecular flexibility index (Phi) is 5.79. The molecule has 0 spiro atoms. The van der Waals surface area contributed by atoms with Crippen molar-refractivity contribution in [3.8, 4) is 22.8 Å². The summed E-state index contributed by atoms with van der Waals surface area (Å²) >= 11 is 0. The third kappa shape index (κ3) is 4.68. The van der Waals surface area contributed by atoms with Crippen molar-refractivity contribution in [1.82, 2.24) is 15.1 Å². The largest absolute Gasteiger partial charge is 0.454 e. The van der Waals surface area contributed by atoms with E-state index < -0.39 is 0 Å². The molecule has 0 saturated heterocycles. The number of aromatic amines is 1. The highest BCUT2D eigenvalue weighted by Crippen LogP contribution is 2.32. The minimum atomic E-state index is -0.269. The summed E-state index contributed by atoms with van der Waals surface area (Å²) in [6.07, 6.45) is 4.88. The minimum absolute atomic E-state index is 0.0655. The Morgan fingerprint density at radius 3 is 2.80 bits per heavy atom. The van der Waals surface area contributed by atoms with Gasteiger partial charge in [-0.15, -0.1) is 0 Å². The second kappa shape index (κ2) is 8.82. The van der Waals surface area contributed by atoms with Gasteiger partial charge in [0.2, 0.25) is 12.7 Å². The number of ether oxygens (including phenoxy) is 2. The van der Waals surface area contributed by atoms with Crippen molar-refractivity contribution < 1.29 is 18.7 Å². The summed E-state index contributed by atoms with van der Waals surface area (Å²) in [5.41, 5.74) is 3.50. The van der Waals surface area contributed by atoms with E-state index in [9.17, 15) is 9.18 Å². The highest BCUT2D eigenvalue weighted by molar-refractivity contribution is 5.91. The van der Waals surface area contributed by atoms with Crippen LogP contribution in [0.4, 0.5) is 4.39 Å². The second-order valence-corrected chi connectivity index (χ2v) is 7.09. The van der Waals surface area contributed by atoms with Crippen molar-refractivity contribution >= 4 is 12.0 Å². The van der Waals surface area contributed by atoms with Crippen molar-refractivity contribution in [3.05, 3.63) is 71.7 Å². The van der Waals surface area contributed by atoms with Gasteiger partial charge in [-0.25, -0.2) is 4.39 Å². The molecule has 30 heavy (non-hydrogen) atoms. The van der Waals surface area contributed by atoms with Crippen molar-refractivity contribution in [3.63, 3.8) is 0 Å². The number of aryl methyl sites for hydroxylation is 1. The molecule has 1 aliphatic rings. The van der Waals surface area contributed by atoms with Crippen LogP contribution in [0.2, 0.25) is 0 Å². The normalized spacial score (nSPS) is 12.5. The molecule has 7 heteroatoms. The summed E-state index contributed by atoms with van der Waals surface area (Å²) in [5, 5.41) is 7.28. The topological polar surface area (TPSA) is 67.5 Å². The number of likely N-dealkylation sites (N-methyl/N-ethyl adjacent to an activating group) is 1. The lowest BCUT2D eigenvalue weighted by molar-refractivity contribution is -0.124. The van der Waals surface area contributed by atoms with Crippen LogP contribution in [-0.2, 0) is 11.2 Å². The van der Waals surface area contributed by atoms with Gasteiger partial charge >= 0.3 is 0 Å². The molecule has 0 saturated carbocycles. The molecule has 0 bridgehead atoms. The zero-order chi connectivity index (χ0) is 20.9. The molecule has 1 aliphatic heterocycles. The van der Waals surface area contributed by atoms with Crippen LogP contribution in [0.3, 0.4) is 0 Å². The molecule has 3 aromatic rings. The average molecular weight is 407 g/mol. The molecule has 2 heterocycles. The molecule has 2 aromatic carbocycles. The molecule has 0 unspecified atom stereocenters. The Hall–Kier alpha value is -3.61. The van der Waals surface area contributed by atoms with E-state index in [2.05, 4.69) is 10.2 Å². The number of carbonyl (C=O) groups is 1. The summed E-state index contributed by atoms with van der Waals surface area (Å²) < 4.78 is 23.7. The Balaban J connectivity index is 1.26. The van der Waals surface area contributed by atoms with E-state index in [0.717, 1.165) is 41.1 Å². The summed E-state index contributed by atoms with van der Waals surface area (Å²) in [6.45, 7) is 0.848. The standard InChI is InChI=1S/C23H22FN3O3/c1-27(23(28)11-5-16-4-10-21-22(13-16)30-15-29-21)12-2-3-19-14-20(26-25-19)17-6-8-18(24)9-7-17/h4-11,13-14H,2-3,12,15H2,1H3,(H,25,26). The molecule has 1 aromatic heterocycles. The molecule has 1 N–H and O–H groups in total. The number of fused-ring (bicyclic) bond motifs is 1. The number of carbonyl (C=O) groups excluding carboxylic acids is 1. The van der Waals surface area contributed by atoms with Crippen LogP contribution >= 0.6 is 0 Å². The van der Waals surface area contributed by atoms with Gasteiger partial charge in [-0.2, -0.15) is 5.10 Å². The Morgan fingerprint density at radius 2 is 1.97 bits per heavy atom. The van der Waals surface area contributed by atoms with Crippen molar-refractivity contribution in [2.24, 2.45) is 0 Å². The molecule has 4 rings (SSSR count). The van der Waals surface area contributed by atoms with Crippen LogP contribution in [0, 0.1) is 5.82 Å². The van der Waals surface area contributed by atoms with E-state index in [4.69, 9.17) is 9.47 Å². The average Bonchev–Trinajstić information content (AvgIpc) is 3.41. The third-order valence-corrected chi connectivity index (χ3v) is 4.90. The monoisotopic (exact) mass is 407 g/mol. The van der Waals surface area contributed by atoms with Crippen LogP contribution in [-0.4, -0.2) is 41.4 Å². The Morgan fingerprint density at radius 1 is 1.17 bits per heavy atom. The number of H-pyrrole nitrogens is 1. The maximum atomic E-state index is 13.0. The number of nitrogens with zero attached hydrogens (tertiary/aromatic N) is 2. The van der Waals surface area contributed by atoms with Gasteiger partial charge in [-0.1, -0.05) is 6.07 Å². The maximum Gasteiger partial charge on any atom is 0.246 e. The van der Waals surface area contributed by atoms with Crippen molar-refractivity contribution in [1.29, 1.82) is 0 Å². The number of benzene rings is 2. The summed E-state index contributed by atoms with van der Waals surface area (Å²) in [4.78, 5) is 14.0. The molecular formula is C23H22FN3O3. The zero-order valence-corrected chi connectivity index (χ0v) is 16.6. The quantitative estimate of drug-likeness (QED) is 0.600. The molecule has 1 amide bonds. The summed E-state index contributed by atoms with van der Waals surface area (Å²) in [7, 11) is 1.78. The third-order valence-electron chi connectivity index (χ3n) is 4.90. The van der Waals surface area contributed by atoms with Gasteiger partial charge in [0.05, 0.1) is 5.69 Å². The van der Waals surface area contributed by atoms with Crippen LogP contribution in [0.25, 0.3) is 17.3 Å². The molecule has 0 radical (unpaired) electrons. The van der Waals surface area contributed by atoms with E-state index in [1.54, 1.807) is 36.2 Å². The van der Waals surface area contributed by atoms with Crippen LogP contribution in [0.1, 0.15) is 17.7 Å². The lowest BCUT2D eigenvalue weighted by Crippen LogP contribution is -2.26. The van der Waals surface area contributed by atoms with Crippen LogP contribution < -0.4 is 9.47 Å². The fraction of sp³-hybridized carbons (Fsp3) is 0.217. The van der Waals surface area contributed by atoms with E-state index in [1.165, 1.54) is 12.1 Å². The first-order valence-corrected chi connectivity index (χ1v) is 9.71. The second-order valence-electron chi connectivity index (χ2n) is 7.09. The van der Waals surface area contributed by atoms with Gasteiger partial charge in [0, 0.05) is 30.9 Å². The molecule has 154 valence electrons. The lowest BCUT2D eigenvalue weighted by atomic mass is 10.1. The highest BCUT2D eigenvalue weighted by atomic mass is 19.1. The molecule has 0 atom stereocenters. The summed E-state index contributed by atoms with van der Waals surface area (Å²) in [5.74, 6) is 1.08. The first-order chi connectivity index (χ1) is 14.6. The van der Waals surface area contributed by atoms with E-state index >= 15 is 0 Å². The fourth-order valence-electron chi connectivity index (χ4n) is 3.19. The number of nitrogens with one attached hydrogen (secondary N) is 1. The SMILES string of the molecule is CN(CCCc1cc(-c2ccc(F)cc2)n[nH]1)C(=O)C=Cc1ccc2c(c1)OCO2. The number of amides is 1. The maximum absolute atomic E-state index is 13.0. The van der Waals surface area contributed by atoms with Gasteiger partial charge in [0.25, 0.3) is 0 Å². The van der Waals surface area contributed by atoms with E-state index in [-0.39, 0.29) is 18.5 Å². The van der Waals surface area contributed by atoms with Crippen LogP contribution in [0.5, 0.6) is 11.5 Å². The van der Waals surface area contributed by atoms with Crippen molar-refractivity contribution in [2.75, 3.05) is 20.4 Å². The van der Waals surface area contributed by atoms with Gasteiger partial charge in [-0.05, 0) is 66.9 Å². The van der Waals surface area contributed by atoms with Crippen molar-refractivity contribution in [2.45, 2.75) is 12.8 Å². The Bertz CT molecular complexity index is 1060. The van der Waals surface area contributed by atoms with Gasteiger partial charge in [0.1, 0.15) is 5.82 Å². The number of halogens is 1. The molecule has 0 aliphatic carbocycles. The number of rotatable bonds is 7. The number of aromatic nitrogens is 2. The first-order valence-electron chi connectivity index (χ1n) is 9.71. The van der Waals surface area contributed by atoms with Gasteiger partial charge in [-0.3, -0.25) is 9.89 Å². The number of hydrogen-bond acceptors (Lipinski definition) is 4. The minimum Gasteiger partial charge on any atom is -0.454 e. The van der Waals surface area contributed by atoms with E-state index in [1.807, 2.05) is 24.3 Å². The first kappa shape index (κ1) is 19.7. The van der Waals surface area contributed by atoms with Crippen LogP contribution in [0.15, 0.2) is 54.6 Å². The molecule has 0 fully saturated rings. The summed E-state index contributed by atoms with van der Waals surface area (Å²) in [6, 6.07) is 13.8.